The first-order chi connectivity index (χ1) is 12.5. The van der Waals surface area contributed by atoms with Crippen molar-refractivity contribution in [2.45, 2.75) is 25.6 Å². The Kier molecular flexibility index (Phi) is 6.29. The van der Waals surface area contributed by atoms with E-state index >= 15 is 0 Å². The maximum atomic E-state index is 13.9. The van der Waals surface area contributed by atoms with Gasteiger partial charge in [-0.3, -0.25) is 9.80 Å². The maximum absolute atomic E-state index is 13.9. The lowest BCUT2D eigenvalue weighted by atomic mass is 10.1. The first-order valence-electron chi connectivity index (χ1n) is 8.81. The second-order valence-corrected chi connectivity index (χ2v) is 6.73. The Morgan fingerprint density at radius 1 is 0.923 bits per heavy atom. The lowest BCUT2D eigenvalue weighted by Gasteiger charge is -2.41. The number of hydrogen-bond donors (Lipinski definition) is 1. The van der Waals surface area contributed by atoms with Crippen molar-refractivity contribution in [3.8, 4) is 0 Å². The number of aliphatic hydroxyl groups is 1. The summed E-state index contributed by atoms with van der Waals surface area (Å²) in [6.07, 6.45) is 0.601. The highest BCUT2D eigenvalue weighted by Crippen LogP contribution is 2.20. The Hall–Kier alpha value is -1.89. The molecule has 0 amide bonds. The second kappa shape index (κ2) is 8.66. The zero-order valence-corrected chi connectivity index (χ0v) is 14.5. The predicted octanol–water partition coefficient (Wildman–Crippen LogP) is 3.17. The molecule has 3 rings (SSSR count). The second-order valence-electron chi connectivity index (χ2n) is 6.73. The molecule has 0 saturated carbocycles. The van der Waals surface area contributed by atoms with Gasteiger partial charge in [0.2, 0.25) is 0 Å². The number of nitrogens with zero attached hydrogens (tertiary/aromatic N) is 2. The maximum Gasteiger partial charge on any atom is 0.127 e. The summed E-state index contributed by atoms with van der Waals surface area (Å²) in [4.78, 5) is 4.33. The van der Waals surface area contributed by atoms with E-state index in [9.17, 15) is 18.3 Å². The number of rotatable bonds is 6. The van der Waals surface area contributed by atoms with E-state index in [1.165, 1.54) is 18.2 Å². The van der Waals surface area contributed by atoms with Crippen molar-refractivity contribution >= 4 is 0 Å². The zero-order chi connectivity index (χ0) is 18.5. The van der Waals surface area contributed by atoms with Gasteiger partial charge >= 0.3 is 0 Å². The largest absolute Gasteiger partial charge is 0.396 e. The van der Waals surface area contributed by atoms with Crippen molar-refractivity contribution in [3.05, 3.63) is 71.0 Å². The smallest absolute Gasteiger partial charge is 0.127 e. The van der Waals surface area contributed by atoms with Crippen molar-refractivity contribution in [2.24, 2.45) is 0 Å². The molecule has 0 aromatic heterocycles. The average Bonchev–Trinajstić information content (AvgIpc) is 2.62. The standard InChI is InChI=1S/C20H23F3N2O/c21-17-3-1-15(2-4-17)12-25-9-8-24(14-19(25)7-10-26)13-16-11-18(22)5-6-20(16)23/h1-6,11,19,26H,7-10,12-14H2. The molecule has 1 fully saturated rings. The summed E-state index contributed by atoms with van der Waals surface area (Å²) in [5.74, 6) is -1.11. The summed E-state index contributed by atoms with van der Waals surface area (Å²) in [6.45, 7) is 3.21. The Balaban J connectivity index is 1.65. The van der Waals surface area contributed by atoms with Gasteiger partial charge in [-0.05, 0) is 42.3 Å². The molecule has 2 aromatic rings. The molecule has 6 heteroatoms. The van der Waals surface area contributed by atoms with E-state index < -0.39 is 11.6 Å². The van der Waals surface area contributed by atoms with Gasteiger partial charge in [-0.1, -0.05) is 12.1 Å². The van der Waals surface area contributed by atoms with E-state index in [0.717, 1.165) is 30.8 Å². The third-order valence-corrected chi connectivity index (χ3v) is 4.85. The van der Waals surface area contributed by atoms with Crippen LogP contribution in [0.3, 0.4) is 0 Å². The minimum atomic E-state index is -0.441. The third kappa shape index (κ3) is 4.84. The van der Waals surface area contributed by atoms with E-state index in [-0.39, 0.29) is 18.5 Å². The number of benzene rings is 2. The Labute approximate surface area is 151 Å². The summed E-state index contributed by atoms with van der Waals surface area (Å²) in [6, 6.07) is 10.0. The minimum Gasteiger partial charge on any atom is -0.396 e. The fraction of sp³-hybridized carbons (Fsp3) is 0.400. The van der Waals surface area contributed by atoms with Gasteiger partial charge in [-0.15, -0.1) is 0 Å². The zero-order valence-electron chi connectivity index (χ0n) is 14.5. The van der Waals surface area contributed by atoms with Crippen LogP contribution in [0, 0.1) is 17.5 Å². The van der Waals surface area contributed by atoms with Crippen molar-refractivity contribution < 1.29 is 18.3 Å². The van der Waals surface area contributed by atoms with E-state index in [2.05, 4.69) is 9.80 Å². The van der Waals surface area contributed by atoms with Crippen molar-refractivity contribution in [3.63, 3.8) is 0 Å². The molecule has 1 N–H and O–H groups in total. The van der Waals surface area contributed by atoms with Crippen molar-refractivity contribution in [1.29, 1.82) is 0 Å². The lowest BCUT2D eigenvalue weighted by molar-refractivity contribution is 0.0494. The van der Waals surface area contributed by atoms with Crippen LogP contribution in [-0.4, -0.2) is 47.2 Å². The summed E-state index contributed by atoms with van der Waals surface area (Å²) in [5, 5.41) is 9.39. The molecule has 1 heterocycles. The SMILES string of the molecule is OCCC1CN(Cc2cc(F)ccc2F)CCN1Cc1ccc(F)cc1. The van der Waals surface area contributed by atoms with Crippen molar-refractivity contribution in [2.75, 3.05) is 26.2 Å². The first kappa shape index (κ1) is 18.9. The van der Waals surface area contributed by atoms with Crippen LogP contribution in [0.25, 0.3) is 0 Å². The van der Waals surface area contributed by atoms with Crippen LogP contribution in [-0.2, 0) is 13.1 Å². The molecular formula is C20H23F3N2O. The fourth-order valence-corrected chi connectivity index (χ4v) is 3.46. The van der Waals surface area contributed by atoms with Crippen LogP contribution in [0.5, 0.6) is 0 Å². The van der Waals surface area contributed by atoms with Crippen LogP contribution in [0.15, 0.2) is 42.5 Å². The van der Waals surface area contributed by atoms with Gasteiger partial charge in [0.15, 0.2) is 0 Å². The van der Waals surface area contributed by atoms with Crippen LogP contribution in [0.2, 0.25) is 0 Å². The van der Waals surface area contributed by atoms with Crippen LogP contribution < -0.4 is 0 Å². The minimum absolute atomic E-state index is 0.0623. The topological polar surface area (TPSA) is 26.7 Å². The van der Waals surface area contributed by atoms with E-state index in [4.69, 9.17) is 0 Å². The monoisotopic (exact) mass is 364 g/mol. The molecule has 2 aromatic carbocycles. The molecule has 26 heavy (non-hydrogen) atoms. The molecule has 0 spiro atoms. The summed E-state index contributed by atoms with van der Waals surface area (Å²) < 4.78 is 40.3. The normalized spacial score (nSPS) is 19.0. The molecule has 1 atom stereocenters. The highest BCUT2D eigenvalue weighted by atomic mass is 19.1. The van der Waals surface area contributed by atoms with E-state index in [1.54, 1.807) is 12.1 Å². The first-order valence-corrected chi connectivity index (χ1v) is 8.81. The third-order valence-electron chi connectivity index (χ3n) is 4.85. The Morgan fingerprint density at radius 2 is 1.65 bits per heavy atom. The molecule has 1 aliphatic heterocycles. The molecule has 0 bridgehead atoms. The van der Waals surface area contributed by atoms with Gasteiger partial charge in [0.05, 0.1) is 0 Å². The van der Waals surface area contributed by atoms with Crippen molar-refractivity contribution in [1.82, 2.24) is 9.80 Å². The van der Waals surface area contributed by atoms with Gasteiger partial charge in [0.25, 0.3) is 0 Å². The van der Waals surface area contributed by atoms with Crippen LogP contribution in [0.1, 0.15) is 17.5 Å². The quantitative estimate of drug-likeness (QED) is 0.853. The number of piperazine rings is 1. The predicted molar refractivity (Wildman–Crippen MR) is 93.9 cm³/mol. The molecule has 1 saturated heterocycles. The Morgan fingerprint density at radius 3 is 2.38 bits per heavy atom. The van der Waals surface area contributed by atoms with Gasteiger partial charge in [-0.2, -0.15) is 0 Å². The molecule has 1 aliphatic rings. The van der Waals surface area contributed by atoms with Crippen LogP contribution in [0.4, 0.5) is 13.2 Å². The number of aliphatic hydroxyl groups excluding tert-OH is 1. The summed E-state index contributed by atoms with van der Waals surface area (Å²) in [7, 11) is 0. The van der Waals surface area contributed by atoms with Crippen LogP contribution >= 0.6 is 0 Å². The van der Waals surface area contributed by atoms with Gasteiger partial charge in [0.1, 0.15) is 17.5 Å². The number of halogens is 3. The van der Waals surface area contributed by atoms with E-state index in [1.807, 2.05) is 0 Å². The summed E-state index contributed by atoms with van der Waals surface area (Å²) in [5.41, 5.74) is 1.36. The highest BCUT2D eigenvalue weighted by Gasteiger charge is 2.27. The lowest BCUT2D eigenvalue weighted by Crippen LogP contribution is -2.52. The molecule has 0 radical (unpaired) electrons. The summed E-state index contributed by atoms with van der Waals surface area (Å²) >= 11 is 0. The van der Waals surface area contributed by atoms with Gasteiger partial charge in [0, 0.05) is 50.9 Å². The highest BCUT2D eigenvalue weighted by molar-refractivity contribution is 5.19. The Bertz CT molecular complexity index is 723. The van der Waals surface area contributed by atoms with Gasteiger partial charge in [-0.25, -0.2) is 13.2 Å². The molecule has 1 unspecified atom stereocenters. The molecular weight excluding hydrogens is 341 g/mol. The molecule has 0 aliphatic carbocycles. The fourth-order valence-electron chi connectivity index (χ4n) is 3.46. The van der Waals surface area contributed by atoms with E-state index in [0.29, 0.717) is 31.6 Å². The number of hydrogen-bond acceptors (Lipinski definition) is 3. The average molecular weight is 364 g/mol. The molecule has 140 valence electrons. The molecule has 3 nitrogen and oxygen atoms in total. The van der Waals surface area contributed by atoms with Gasteiger partial charge < -0.3 is 5.11 Å².